The normalized spacial score (nSPS) is 13.8. The summed E-state index contributed by atoms with van der Waals surface area (Å²) in [6.45, 7) is 3.64. The number of phosphoric ester groups is 1. The molecule has 0 heterocycles. The van der Waals surface area contributed by atoms with Crippen molar-refractivity contribution in [3.63, 3.8) is 0 Å². The summed E-state index contributed by atoms with van der Waals surface area (Å²) < 4.78 is 32.7. The highest BCUT2D eigenvalue weighted by Crippen LogP contribution is 2.43. The molecule has 308 valence electrons. The Hall–Kier alpha value is -2.03. The summed E-state index contributed by atoms with van der Waals surface area (Å²) in [5, 5.41) is 0. The molecule has 0 spiro atoms. The van der Waals surface area contributed by atoms with Crippen molar-refractivity contribution in [3.05, 3.63) is 48.6 Å². The van der Waals surface area contributed by atoms with Crippen LogP contribution in [0.3, 0.4) is 0 Å². The predicted molar refractivity (Wildman–Crippen MR) is 220 cm³/mol. The van der Waals surface area contributed by atoms with Crippen LogP contribution in [0.5, 0.6) is 0 Å². The van der Waals surface area contributed by atoms with Crippen LogP contribution in [0.4, 0.5) is 0 Å². The van der Waals surface area contributed by atoms with Crippen LogP contribution in [0.1, 0.15) is 181 Å². The van der Waals surface area contributed by atoms with Crippen molar-refractivity contribution in [2.75, 3.05) is 26.4 Å². The van der Waals surface area contributed by atoms with Crippen molar-refractivity contribution >= 4 is 19.8 Å². The van der Waals surface area contributed by atoms with Crippen molar-refractivity contribution in [3.8, 4) is 0 Å². The second-order valence-corrected chi connectivity index (χ2v) is 15.3. The van der Waals surface area contributed by atoms with Gasteiger partial charge in [0.15, 0.2) is 6.10 Å². The van der Waals surface area contributed by atoms with E-state index in [-0.39, 0.29) is 32.6 Å². The summed E-state index contributed by atoms with van der Waals surface area (Å²) in [6, 6.07) is 0. The molecule has 9 nitrogen and oxygen atoms in total. The molecule has 2 atom stereocenters. The molecule has 0 radical (unpaired) electrons. The van der Waals surface area contributed by atoms with E-state index in [1.165, 1.54) is 89.9 Å². The van der Waals surface area contributed by atoms with Gasteiger partial charge in [-0.25, -0.2) is 4.57 Å². The lowest BCUT2D eigenvalue weighted by Crippen LogP contribution is -2.29. The summed E-state index contributed by atoms with van der Waals surface area (Å²) in [5.41, 5.74) is 5.34. The minimum atomic E-state index is -4.39. The molecule has 10 heteroatoms. The van der Waals surface area contributed by atoms with Gasteiger partial charge in [-0.2, -0.15) is 0 Å². The molecule has 0 aliphatic heterocycles. The molecule has 0 aromatic carbocycles. The van der Waals surface area contributed by atoms with Crippen LogP contribution in [0, 0.1) is 0 Å². The molecule has 53 heavy (non-hydrogen) atoms. The summed E-state index contributed by atoms with van der Waals surface area (Å²) in [5.74, 6) is -0.896. The lowest BCUT2D eigenvalue weighted by Gasteiger charge is -2.19. The molecule has 0 bridgehead atoms. The monoisotopic (exact) mass is 768 g/mol. The number of hydrogen-bond acceptors (Lipinski definition) is 8. The topological polar surface area (TPSA) is 134 Å². The number of ether oxygens (including phenoxy) is 2. The number of unbranched alkanes of at least 4 members (excludes halogenated alkanes) is 18. The first kappa shape index (κ1) is 51.0. The number of carbonyl (C=O) groups is 2. The van der Waals surface area contributed by atoms with E-state index >= 15 is 0 Å². The van der Waals surface area contributed by atoms with Gasteiger partial charge < -0.3 is 20.1 Å². The number of hydrogen-bond donors (Lipinski definition) is 2. The van der Waals surface area contributed by atoms with Gasteiger partial charge >= 0.3 is 19.8 Å². The van der Waals surface area contributed by atoms with Gasteiger partial charge in [0, 0.05) is 19.4 Å². The van der Waals surface area contributed by atoms with Crippen molar-refractivity contribution < 1.29 is 37.6 Å². The largest absolute Gasteiger partial charge is 0.472 e. The van der Waals surface area contributed by atoms with E-state index in [4.69, 9.17) is 24.3 Å². The molecule has 0 amide bonds. The van der Waals surface area contributed by atoms with Crippen molar-refractivity contribution in [2.24, 2.45) is 5.73 Å². The fraction of sp³-hybridized carbons (Fsp3) is 0.767. The third-order valence-electron chi connectivity index (χ3n) is 8.69. The minimum Gasteiger partial charge on any atom is -0.462 e. The molecule has 0 saturated heterocycles. The van der Waals surface area contributed by atoms with Gasteiger partial charge in [0.25, 0.3) is 0 Å². The Kier molecular flexibility index (Phi) is 38.1. The van der Waals surface area contributed by atoms with E-state index in [0.717, 1.165) is 51.4 Å². The molecule has 0 rings (SSSR count). The van der Waals surface area contributed by atoms with Crippen LogP contribution < -0.4 is 5.73 Å². The quantitative estimate of drug-likeness (QED) is 0.0271. The first-order valence-corrected chi connectivity index (χ1v) is 22.6. The first-order chi connectivity index (χ1) is 25.8. The highest BCUT2D eigenvalue weighted by atomic mass is 31.2. The van der Waals surface area contributed by atoms with Gasteiger partial charge in [0.1, 0.15) is 6.61 Å². The average molecular weight is 768 g/mol. The zero-order valence-electron chi connectivity index (χ0n) is 33.7. The fourth-order valence-corrected chi connectivity index (χ4v) is 6.29. The lowest BCUT2D eigenvalue weighted by atomic mass is 10.1. The molecular formula is C43H78NO8P. The third-order valence-corrected chi connectivity index (χ3v) is 9.67. The zero-order chi connectivity index (χ0) is 38.9. The van der Waals surface area contributed by atoms with Crippen LogP contribution in [0.25, 0.3) is 0 Å². The Labute approximate surface area is 324 Å². The summed E-state index contributed by atoms with van der Waals surface area (Å²) in [6.07, 6.45) is 44.3. The Morgan fingerprint density at radius 1 is 0.566 bits per heavy atom. The van der Waals surface area contributed by atoms with Crippen molar-refractivity contribution in [2.45, 2.75) is 187 Å². The highest BCUT2D eigenvalue weighted by molar-refractivity contribution is 7.47. The molecule has 3 N–H and O–H groups in total. The Balaban J connectivity index is 4.27. The fourth-order valence-electron chi connectivity index (χ4n) is 5.53. The number of nitrogens with two attached hydrogens (primary N) is 1. The van der Waals surface area contributed by atoms with Gasteiger partial charge in [-0.15, -0.1) is 0 Å². The minimum absolute atomic E-state index is 0.0439. The standard InChI is InChI=1S/C43H78NO8P/c1-3-5-7-9-11-13-15-17-19-20-22-24-26-28-30-32-34-36-43(46)52-41(40-51-53(47,48)50-38-37-44)39-49-42(45)35-33-31-29-27-25-23-21-18-16-14-12-10-8-6-4-2/h14,16-17,19,22,24,28,30,41H,3-13,15,18,20-21,23,25-27,29,31-40,44H2,1-2H3,(H,47,48)/b16-14+,19-17+,24-22+,30-28+/t41-/m1/s1. The third kappa shape index (κ3) is 39.5. The van der Waals surface area contributed by atoms with Crippen molar-refractivity contribution in [1.82, 2.24) is 0 Å². The molecule has 1 unspecified atom stereocenters. The maximum atomic E-state index is 12.5. The maximum absolute atomic E-state index is 12.5. The average Bonchev–Trinajstić information content (AvgIpc) is 3.14. The molecule has 0 aromatic rings. The highest BCUT2D eigenvalue weighted by Gasteiger charge is 2.25. The first-order valence-electron chi connectivity index (χ1n) is 21.1. The smallest absolute Gasteiger partial charge is 0.462 e. The van der Waals surface area contributed by atoms with E-state index in [1.807, 2.05) is 6.08 Å². The molecular weight excluding hydrogens is 689 g/mol. The second kappa shape index (κ2) is 39.7. The van der Waals surface area contributed by atoms with Gasteiger partial charge in [-0.3, -0.25) is 18.6 Å². The van der Waals surface area contributed by atoms with Gasteiger partial charge in [-0.1, -0.05) is 146 Å². The molecule has 0 saturated carbocycles. The molecule has 0 aliphatic rings. The number of esters is 2. The van der Waals surface area contributed by atoms with Crippen LogP contribution in [-0.2, 0) is 32.7 Å². The summed E-state index contributed by atoms with van der Waals surface area (Å²) in [7, 11) is -4.39. The van der Waals surface area contributed by atoms with E-state index in [2.05, 4.69) is 56.4 Å². The van der Waals surface area contributed by atoms with Crippen LogP contribution >= 0.6 is 7.82 Å². The van der Waals surface area contributed by atoms with Crippen LogP contribution in [-0.4, -0.2) is 49.3 Å². The number of phosphoric acid groups is 1. The lowest BCUT2D eigenvalue weighted by molar-refractivity contribution is -0.161. The summed E-state index contributed by atoms with van der Waals surface area (Å²) in [4.78, 5) is 34.8. The molecule has 0 aromatic heterocycles. The van der Waals surface area contributed by atoms with Crippen molar-refractivity contribution in [1.29, 1.82) is 0 Å². The Morgan fingerprint density at radius 3 is 1.55 bits per heavy atom. The van der Waals surface area contributed by atoms with Gasteiger partial charge in [-0.05, 0) is 70.6 Å². The molecule has 0 aliphatic carbocycles. The Morgan fingerprint density at radius 2 is 1.00 bits per heavy atom. The second-order valence-electron chi connectivity index (χ2n) is 13.8. The predicted octanol–water partition coefficient (Wildman–Crippen LogP) is 11.9. The van der Waals surface area contributed by atoms with E-state index in [0.29, 0.717) is 12.8 Å². The number of allylic oxidation sites excluding steroid dienone is 8. The maximum Gasteiger partial charge on any atom is 0.472 e. The van der Waals surface area contributed by atoms with E-state index in [1.54, 1.807) is 0 Å². The van der Waals surface area contributed by atoms with E-state index in [9.17, 15) is 19.0 Å². The SMILES string of the molecule is CCCCCC/C=C/CCCCCCCCCC(=O)OC[C@H](COP(=O)(O)OCCN)OC(=O)CCC/C=C/C/C=C/C/C=C/CCCCCCCC. The number of rotatable bonds is 39. The Bertz CT molecular complexity index is 1010. The molecule has 0 fully saturated rings. The van der Waals surface area contributed by atoms with E-state index < -0.39 is 32.5 Å². The van der Waals surface area contributed by atoms with Crippen LogP contribution in [0.15, 0.2) is 48.6 Å². The van der Waals surface area contributed by atoms with Gasteiger partial charge in [0.05, 0.1) is 13.2 Å². The number of carbonyl (C=O) groups excluding carboxylic acids is 2. The zero-order valence-corrected chi connectivity index (χ0v) is 34.6. The summed E-state index contributed by atoms with van der Waals surface area (Å²) >= 11 is 0. The van der Waals surface area contributed by atoms with Gasteiger partial charge in [0.2, 0.25) is 0 Å². The van der Waals surface area contributed by atoms with Crippen LogP contribution in [0.2, 0.25) is 0 Å².